The van der Waals surface area contributed by atoms with E-state index in [1.165, 1.54) is 29.7 Å². The van der Waals surface area contributed by atoms with Crippen molar-refractivity contribution in [2.75, 3.05) is 31.1 Å². The van der Waals surface area contributed by atoms with Crippen molar-refractivity contribution in [3.63, 3.8) is 0 Å². The number of rotatable bonds is 1. The molecule has 3 N–H and O–H groups in total. The van der Waals surface area contributed by atoms with Crippen molar-refractivity contribution in [1.82, 2.24) is 0 Å². The smallest absolute Gasteiger partial charge is 0.293 e. The Morgan fingerprint density at radius 2 is 1.84 bits per heavy atom. The van der Waals surface area contributed by atoms with E-state index in [4.69, 9.17) is 0 Å². The first-order chi connectivity index (χ1) is 9.31. The molecule has 0 unspecified atom stereocenters. The number of H-pyrrole nitrogens is 1. The van der Waals surface area contributed by atoms with Gasteiger partial charge in [0, 0.05) is 0 Å². The van der Waals surface area contributed by atoms with E-state index in [1.807, 2.05) is 0 Å². The largest absolute Gasteiger partial charge is 0.340 e. The lowest BCUT2D eigenvalue weighted by atomic mass is 9.88. The van der Waals surface area contributed by atoms with E-state index in [1.54, 1.807) is 0 Å². The monoisotopic (exact) mass is 258 g/mol. The molecule has 2 heterocycles. The first kappa shape index (κ1) is 12.4. The zero-order chi connectivity index (χ0) is 13.2. The number of aromatic nitrogens is 1. The molecule has 4 nitrogen and oxygen atoms in total. The first-order valence-corrected chi connectivity index (χ1v) is 7.35. The number of hydrogen-bond donors (Lipinski definition) is 1. The van der Waals surface area contributed by atoms with Crippen molar-refractivity contribution < 1.29 is 10.3 Å². The summed E-state index contributed by atoms with van der Waals surface area (Å²) in [5.41, 5.74) is 4.88. The van der Waals surface area contributed by atoms with Crippen LogP contribution < -0.4 is 15.2 Å². The molecule has 1 aromatic rings. The zero-order valence-electron chi connectivity index (χ0n) is 11.6. The van der Waals surface area contributed by atoms with Crippen molar-refractivity contribution in [2.24, 2.45) is 0 Å². The number of nitrogens with two attached hydrogens (primary N) is 1. The molecule has 0 aromatic carbocycles. The van der Waals surface area contributed by atoms with Crippen LogP contribution in [0.3, 0.4) is 0 Å². The van der Waals surface area contributed by atoms with Crippen LogP contribution in [0, 0.1) is 18.3 Å². The summed E-state index contributed by atoms with van der Waals surface area (Å²) in [4.78, 5) is 5.86. The number of piperazine rings is 1. The van der Waals surface area contributed by atoms with Gasteiger partial charge in [0.05, 0.1) is 0 Å². The van der Waals surface area contributed by atoms with Gasteiger partial charge in [-0.3, -0.25) is 0 Å². The van der Waals surface area contributed by atoms with Crippen LogP contribution in [0.15, 0.2) is 0 Å². The number of anilines is 1. The van der Waals surface area contributed by atoms with Gasteiger partial charge in [0.2, 0.25) is 0 Å². The second-order valence-corrected chi connectivity index (χ2v) is 5.60. The maximum absolute atomic E-state index is 9.59. The molecule has 1 aliphatic carbocycles. The van der Waals surface area contributed by atoms with Gasteiger partial charge in [-0.2, -0.15) is 5.26 Å². The van der Waals surface area contributed by atoms with E-state index < -0.39 is 0 Å². The van der Waals surface area contributed by atoms with Crippen molar-refractivity contribution >= 4 is 5.82 Å². The highest BCUT2D eigenvalue weighted by Crippen LogP contribution is 2.29. The minimum Gasteiger partial charge on any atom is -0.340 e. The van der Waals surface area contributed by atoms with Crippen molar-refractivity contribution in [3.05, 3.63) is 22.4 Å². The molecule has 1 aromatic heterocycles. The summed E-state index contributed by atoms with van der Waals surface area (Å²) in [6.45, 7) is 6.46. The Labute approximate surface area is 114 Å². The molecular formula is C15H22N4+2. The number of aryl methyl sites for hydroxylation is 1. The summed E-state index contributed by atoms with van der Waals surface area (Å²) in [7, 11) is 0. The molecule has 1 aliphatic heterocycles. The first-order valence-electron chi connectivity index (χ1n) is 7.35. The highest BCUT2D eigenvalue weighted by Gasteiger charge is 2.29. The fourth-order valence-corrected chi connectivity index (χ4v) is 3.39. The number of pyridine rings is 1. The van der Waals surface area contributed by atoms with Gasteiger partial charge in [0.15, 0.2) is 0 Å². The topological polar surface area (TPSA) is 57.8 Å². The fraction of sp³-hybridized carbons (Fsp3) is 0.600. The summed E-state index contributed by atoms with van der Waals surface area (Å²) >= 11 is 0. The van der Waals surface area contributed by atoms with Crippen LogP contribution in [0.4, 0.5) is 5.82 Å². The van der Waals surface area contributed by atoms with Crippen molar-refractivity contribution in [1.29, 1.82) is 5.26 Å². The standard InChI is InChI=1S/C15H20N4/c1-11-12-4-2-3-5-13(12)14(10-16)15(18-11)19-8-6-17-7-9-19/h17H,2-9H2,1H3/p+2. The Hall–Kier alpha value is -1.60. The highest BCUT2D eigenvalue weighted by atomic mass is 15.2. The van der Waals surface area contributed by atoms with Crippen LogP contribution in [0.1, 0.15) is 35.2 Å². The van der Waals surface area contributed by atoms with Gasteiger partial charge in [0.25, 0.3) is 5.82 Å². The SMILES string of the molecule is Cc1[nH+]c(N2CC[NH2+]CC2)c(C#N)c2c1CCCC2. The summed E-state index contributed by atoms with van der Waals surface area (Å²) in [6, 6.07) is 2.47. The third-order valence-electron chi connectivity index (χ3n) is 4.40. The molecule has 100 valence electrons. The van der Waals surface area contributed by atoms with E-state index in [2.05, 4.69) is 28.2 Å². The van der Waals surface area contributed by atoms with Crippen LogP contribution in [-0.4, -0.2) is 26.2 Å². The van der Waals surface area contributed by atoms with Crippen LogP contribution in [0.2, 0.25) is 0 Å². The van der Waals surface area contributed by atoms with Gasteiger partial charge in [-0.15, -0.1) is 0 Å². The fourth-order valence-electron chi connectivity index (χ4n) is 3.39. The number of aromatic amines is 1. The van der Waals surface area contributed by atoms with E-state index in [0.717, 1.165) is 50.4 Å². The number of fused-ring (bicyclic) bond motifs is 1. The van der Waals surface area contributed by atoms with Crippen LogP contribution in [0.5, 0.6) is 0 Å². The Balaban J connectivity index is 2.09. The number of nitriles is 1. The van der Waals surface area contributed by atoms with Gasteiger partial charge in [-0.05, 0) is 43.7 Å². The number of hydrogen-bond acceptors (Lipinski definition) is 2. The van der Waals surface area contributed by atoms with E-state index in [0.29, 0.717) is 0 Å². The maximum atomic E-state index is 9.59. The Morgan fingerprint density at radius 1 is 1.16 bits per heavy atom. The molecular weight excluding hydrogens is 236 g/mol. The molecule has 2 aliphatic rings. The number of nitrogens with zero attached hydrogens (tertiary/aromatic N) is 2. The van der Waals surface area contributed by atoms with Gasteiger partial charge in [0.1, 0.15) is 43.5 Å². The average Bonchev–Trinajstić information content (AvgIpc) is 2.48. The molecule has 1 fully saturated rings. The molecule has 0 spiro atoms. The lowest BCUT2D eigenvalue weighted by molar-refractivity contribution is -0.656. The maximum Gasteiger partial charge on any atom is 0.293 e. The van der Waals surface area contributed by atoms with Crippen molar-refractivity contribution in [3.8, 4) is 6.07 Å². The minimum absolute atomic E-state index is 0.905. The third kappa shape index (κ3) is 2.19. The summed E-state index contributed by atoms with van der Waals surface area (Å²) < 4.78 is 0. The molecule has 0 saturated carbocycles. The average molecular weight is 258 g/mol. The van der Waals surface area contributed by atoms with E-state index >= 15 is 0 Å². The quantitative estimate of drug-likeness (QED) is 0.767. The normalized spacial score (nSPS) is 18.8. The predicted octanol–water partition coefficient (Wildman–Crippen LogP) is -0.0570. The number of quaternary nitrogens is 1. The summed E-state index contributed by atoms with van der Waals surface area (Å²) in [5, 5.41) is 11.9. The lowest BCUT2D eigenvalue weighted by Gasteiger charge is -2.24. The predicted molar refractivity (Wildman–Crippen MR) is 73.0 cm³/mol. The molecule has 4 heteroatoms. The summed E-state index contributed by atoms with van der Waals surface area (Å²) in [6.07, 6.45) is 4.67. The Kier molecular flexibility index (Phi) is 3.39. The minimum atomic E-state index is 0.905. The zero-order valence-corrected chi connectivity index (χ0v) is 11.6. The summed E-state index contributed by atoms with van der Waals surface area (Å²) in [5.74, 6) is 1.06. The van der Waals surface area contributed by atoms with Crippen molar-refractivity contribution in [2.45, 2.75) is 32.6 Å². The molecule has 3 rings (SSSR count). The second-order valence-electron chi connectivity index (χ2n) is 5.60. The second kappa shape index (κ2) is 5.18. The van der Waals surface area contributed by atoms with E-state index in [9.17, 15) is 5.26 Å². The molecule has 0 bridgehead atoms. The Bertz CT molecular complexity index is 524. The molecule has 19 heavy (non-hydrogen) atoms. The van der Waals surface area contributed by atoms with Crippen LogP contribution in [-0.2, 0) is 12.8 Å². The lowest BCUT2D eigenvalue weighted by Crippen LogP contribution is -2.90. The van der Waals surface area contributed by atoms with Crippen LogP contribution in [0.25, 0.3) is 0 Å². The third-order valence-corrected chi connectivity index (χ3v) is 4.40. The molecule has 0 atom stereocenters. The Morgan fingerprint density at radius 3 is 2.53 bits per heavy atom. The van der Waals surface area contributed by atoms with E-state index in [-0.39, 0.29) is 0 Å². The van der Waals surface area contributed by atoms with Gasteiger partial charge in [-0.25, -0.2) is 9.88 Å². The van der Waals surface area contributed by atoms with Crippen LogP contribution >= 0.6 is 0 Å². The molecule has 1 saturated heterocycles. The van der Waals surface area contributed by atoms with Gasteiger partial charge in [-0.1, -0.05) is 0 Å². The highest BCUT2D eigenvalue weighted by molar-refractivity contribution is 5.57. The number of nitrogens with one attached hydrogen (secondary N) is 1. The molecule has 0 radical (unpaired) electrons. The molecule has 0 amide bonds. The van der Waals surface area contributed by atoms with Gasteiger partial charge < -0.3 is 5.32 Å². The van der Waals surface area contributed by atoms with Gasteiger partial charge >= 0.3 is 0 Å².